The predicted molar refractivity (Wildman–Crippen MR) is 132 cm³/mol. The van der Waals surface area contributed by atoms with E-state index in [1.165, 1.54) is 23.9 Å². The van der Waals surface area contributed by atoms with E-state index in [9.17, 15) is 20.2 Å². The van der Waals surface area contributed by atoms with Gasteiger partial charge in [-0.1, -0.05) is 53.7 Å². The molecule has 0 saturated carbocycles. The Morgan fingerprint density at radius 3 is 2.59 bits per heavy atom. The first kappa shape index (κ1) is 22.7. The molecule has 0 radical (unpaired) electrons. The van der Waals surface area contributed by atoms with Crippen molar-refractivity contribution in [3.8, 4) is 6.07 Å². The van der Waals surface area contributed by atoms with Gasteiger partial charge in [-0.15, -0.1) is 0 Å². The van der Waals surface area contributed by atoms with Crippen molar-refractivity contribution in [2.75, 3.05) is 5.32 Å². The molecule has 166 valence electrons. The number of nitro groups is 1. The van der Waals surface area contributed by atoms with Crippen LogP contribution in [0.4, 0.5) is 11.4 Å². The number of hydrogen-bond acceptors (Lipinski definition) is 6. The number of aryl methyl sites for hydroxylation is 1. The van der Waals surface area contributed by atoms with Gasteiger partial charge < -0.3 is 5.32 Å². The Morgan fingerprint density at radius 1 is 1.09 bits per heavy atom. The molecule has 8 heteroatoms. The maximum Gasteiger partial charge on any atom is 0.283 e. The molecule has 0 aliphatic carbocycles. The average molecular weight is 467 g/mol. The van der Waals surface area contributed by atoms with E-state index in [1.54, 1.807) is 30.5 Å². The third-order valence-electron chi connectivity index (χ3n) is 4.98. The Labute approximate surface area is 199 Å². The standard InChI is InChI=1S/C26H18N4O3S/c1-17-7-10-21(11-8-17)29-26(31)20(16-27)14-18-9-12-23(22(15-18)30(32)33)34-24-6-2-4-19-5-3-13-28-25(19)24/h2-15H,1H3,(H,29,31)/b20-14+. The number of benzene rings is 3. The number of nitro benzene ring substituents is 1. The van der Waals surface area contributed by atoms with Crippen molar-refractivity contribution in [3.05, 3.63) is 106 Å². The first-order valence-corrected chi connectivity index (χ1v) is 11.1. The summed E-state index contributed by atoms with van der Waals surface area (Å²) in [6, 6.07) is 23.1. The number of para-hydroxylation sites is 1. The van der Waals surface area contributed by atoms with E-state index < -0.39 is 10.8 Å². The summed E-state index contributed by atoms with van der Waals surface area (Å²) in [7, 11) is 0. The molecule has 0 aliphatic heterocycles. The lowest BCUT2D eigenvalue weighted by atomic mass is 10.1. The molecule has 0 aliphatic rings. The number of pyridine rings is 1. The molecule has 0 unspecified atom stereocenters. The SMILES string of the molecule is Cc1ccc(NC(=O)/C(C#N)=C/c2ccc(Sc3cccc4cccnc34)c([N+](=O)[O-])c2)cc1. The predicted octanol–water partition coefficient (Wildman–Crippen LogP) is 6.15. The quantitative estimate of drug-likeness (QED) is 0.158. The van der Waals surface area contributed by atoms with Gasteiger partial charge in [-0.2, -0.15) is 5.26 Å². The van der Waals surface area contributed by atoms with Crippen LogP contribution in [0.25, 0.3) is 17.0 Å². The zero-order chi connectivity index (χ0) is 24.1. The normalized spacial score (nSPS) is 11.1. The molecule has 7 nitrogen and oxygen atoms in total. The van der Waals surface area contributed by atoms with Gasteiger partial charge in [0, 0.05) is 28.2 Å². The highest BCUT2D eigenvalue weighted by molar-refractivity contribution is 7.99. The van der Waals surface area contributed by atoms with Crippen LogP contribution in [-0.4, -0.2) is 15.8 Å². The minimum absolute atomic E-state index is 0.122. The van der Waals surface area contributed by atoms with Crippen molar-refractivity contribution in [1.82, 2.24) is 4.98 Å². The van der Waals surface area contributed by atoms with E-state index in [-0.39, 0.29) is 11.3 Å². The van der Waals surface area contributed by atoms with Gasteiger partial charge >= 0.3 is 0 Å². The van der Waals surface area contributed by atoms with Crippen molar-refractivity contribution >= 4 is 46.0 Å². The van der Waals surface area contributed by atoms with Gasteiger partial charge in [0.05, 0.1) is 15.3 Å². The lowest BCUT2D eigenvalue weighted by molar-refractivity contribution is -0.387. The summed E-state index contributed by atoms with van der Waals surface area (Å²) in [5.41, 5.74) is 2.45. The van der Waals surface area contributed by atoms with Crippen LogP contribution in [0.2, 0.25) is 0 Å². The van der Waals surface area contributed by atoms with Crippen LogP contribution in [0.5, 0.6) is 0 Å². The molecule has 0 saturated heterocycles. The Hall–Kier alpha value is -4.48. The minimum atomic E-state index is -0.589. The number of carbonyl (C=O) groups excluding carboxylic acids is 1. The van der Waals surface area contributed by atoms with Gasteiger partial charge in [-0.05, 0) is 48.9 Å². The van der Waals surface area contributed by atoms with E-state index >= 15 is 0 Å². The molecule has 0 spiro atoms. The van der Waals surface area contributed by atoms with E-state index in [1.807, 2.05) is 55.5 Å². The number of aromatic nitrogens is 1. The fraction of sp³-hybridized carbons (Fsp3) is 0.0385. The van der Waals surface area contributed by atoms with Gasteiger partial charge in [0.2, 0.25) is 0 Å². The van der Waals surface area contributed by atoms with Crippen LogP contribution in [-0.2, 0) is 4.79 Å². The highest BCUT2D eigenvalue weighted by atomic mass is 32.2. The second-order valence-corrected chi connectivity index (χ2v) is 8.49. The number of fused-ring (bicyclic) bond motifs is 1. The lowest BCUT2D eigenvalue weighted by Crippen LogP contribution is -2.13. The number of amides is 1. The second kappa shape index (κ2) is 9.98. The summed E-state index contributed by atoms with van der Waals surface area (Å²) in [4.78, 5) is 29.5. The molecule has 0 fully saturated rings. The third kappa shape index (κ3) is 5.11. The summed E-state index contributed by atoms with van der Waals surface area (Å²) >= 11 is 1.25. The highest BCUT2D eigenvalue weighted by Gasteiger charge is 2.18. The minimum Gasteiger partial charge on any atom is -0.321 e. The molecule has 1 amide bonds. The summed E-state index contributed by atoms with van der Waals surface area (Å²) in [5, 5.41) is 24.9. The van der Waals surface area contributed by atoms with Gasteiger partial charge in [0.1, 0.15) is 11.6 Å². The van der Waals surface area contributed by atoms with Crippen LogP contribution in [0.3, 0.4) is 0 Å². The van der Waals surface area contributed by atoms with E-state index in [0.717, 1.165) is 21.4 Å². The largest absolute Gasteiger partial charge is 0.321 e. The van der Waals surface area contributed by atoms with Crippen molar-refractivity contribution < 1.29 is 9.72 Å². The van der Waals surface area contributed by atoms with Gasteiger partial charge in [-0.25, -0.2) is 0 Å². The number of carbonyl (C=O) groups is 1. The molecular weight excluding hydrogens is 448 g/mol. The van der Waals surface area contributed by atoms with Crippen LogP contribution in [0.15, 0.2) is 94.4 Å². The van der Waals surface area contributed by atoms with E-state index in [4.69, 9.17) is 0 Å². The van der Waals surface area contributed by atoms with E-state index in [0.29, 0.717) is 16.1 Å². The van der Waals surface area contributed by atoms with Crippen molar-refractivity contribution in [1.29, 1.82) is 5.26 Å². The summed E-state index contributed by atoms with van der Waals surface area (Å²) < 4.78 is 0. The Morgan fingerprint density at radius 2 is 1.85 bits per heavy atom. The summed E-state index contributed by atoms with van der Waals surface area (Å²) in [6.45, 7) is 1.93. The van der Waals surface area contributed by atoms with Crippen LogP contribution in [0, 0.1) is 28.4 Å². The highest BCUT2D eigenvalue weighted by Crippen LogP contribution is 2.38. The maximum atomic E-state index is 12.5. The zero-order valence-electron chi connectivity index (χ0n) is 18.1. The molecule has 0 atom stereocenters. The molecule has 1 heterocycles. The maximum absolute atomic E-state index is 12.5. The average Bonchev–Trinajstić information content (AvgIpc) is 2.84. The number of hydrogen-bond donors (Lipinski definition) is 1. The monoisotopic (exact) mass is 466 g/mol. The van der Waals surface area contributed by atoms with Crippen molar-refractivity contribution in [2.45, 2.75) is 16.7 Å². The van der Waals surface area contributed by atoms with Gasteiger partial charge in [0.25, 0.3) is 11.6 Å². The molecule has 4 rings (SSSR count). The molecule has 3 aromatic carbocycles. The molecule has 1 N–H and O–H groups in total. The van der Waals surface area contributed by atoms with Gasteiger partial charge in [-0.3, -0.25) is 19.9 Å². The molecular formula is C26H18N4O3S. The van der Waals surface area contributed by atoms with Crippen molar-refractivity contribution in [3.63, 3.8) is 0 Å². The van der Waals surface area contributed by atoms with Crippen molar-refractivity contribution in [2.24, 2.45) is 0 Å². The third-order valence-corrected chi connectivity index (χ3v) is 6.10. The number of anilines is 1. The first-order valence-electron chi connectivity index (χ1n) is 10.2. The summed E-state index contributed by atoms with van der Waals surface area (Å²) in [5.74, 6) is -0.589. The fourth-order valence-corrected chi connectivity index (χ4v) is 4.31. The summed E-state index contributed by atoms with van der Waals surface area (Å²) in [6.07, 6.45) is 3.02. The molecule has 34 heavy (non-hydrogen) atoms. The number of rotatable bonds is 6. The molecule has 4 aromatic rings. The number of nitriles is 1. The Balaban J connectivity index is 1.63. The zero-order valence-corrected chi connectivity index (χ0v) is 18.9. The first-order chi connectivity index (χ1) is 16.4. The lowest BCUT2D eigenvalue weighted by Gasteiger charge is -2.07. The topological polar surface area (TPSA) is 109 Å². The van der Waals surface area contributed by atoms with Crippen LogP contribution < -0.4 is 5.32 Å². The van der Waals surface area contributed by atoms with Gasteiger partial charge in [0.15, 0.2) is 0 Å². The number of nitrogens with one attached hydrogen (secondary N) is 1. The smallest absolute Gasteiger partial charge is 0.283 e. The number of nitrogens with zero attached hydrogens (tertiary/aromatic N) is 3. The molecule has 1 aromatic heterocycles. The van der Waals surface area contributed by atoms with Crippen LogP contribution in [0.1, 0.15) is 11.1 Å². The Kier molecular flexibility index (Phi) is 6.67. The second-order valence-electron chi connectivity index (χ2n) is 7.41. The fourth-order valence-electron chi connectivity index (χ4n) is 3.28. The Bertz CT molecular complexity index is 1470. The van der Waals surface area contributed by atoms with Crippen LogP contribution >= 0.6 is 11.8 Å². The van der Waals surface area contributed by atoms with E-state index in [2.05, 4.69) is 10.3 Å². The molecule has 0 bridgehead atoms.